The molecule has 10 heteroatoms. The molecule has 2 unspecified atom stereocenters. The molecule has 9 nitrogen and oxygen atoms in total. The van der Waals surface area contributed by atoms with Crippen molar-refractivity contribution in [3.8, 4) is 22.8 Å². The molecule has 0 radical (unpaired) electrons. The molecule has 0 bridgehead atoms. The Morgan fingerprint density at radius 1 is 1.21 bits per heavy atom. The zero-order valence-electron chi connectivity index (χ0n) is 21.8. The SMILES string of the molecule is Cc1csc(C2CCCN2C(=O)c2cc(-c3ncc[nH]3)cc(-c3nnc(C(C)(N)Cc4ccccc4)o3)c2)n1. The zero-order chi connectivity index (χ0) is 27.0. The Hall–Kier alpha value is -4.15. The lowest BCUT2D eigenvalue weighted by Crippen LogP contribution is -2.35. The van der Waals surface area contributed by atoms with Crippen molar-refractivity contribution in [3.05, 3.63) is 94.0 Å². The highest BCUT2D eigenvalue weighted by atomic mass is 32.1. The van der Waals surface area contributed by atoms with Crippen LogP contribution in [0.5, 0.6) is 0 Å². The molecule has 1 amide bonds. The number of benzene rings is 2. The van der Waals surface area contributed by atoms with E-state index in [9.17, 15) is 4.79 Å². The molecule has 1 saturated heterocycles. The van der Waals surface area contributed by atoms with Crippen LogP contribution in [-0.4, -0.2) is 42.5 Å². The summed E-state index contributed by atoms with van der Waals surface area (Å²) in [5.41, 5.74) is 9.72. The average molecular weight is 540 g/mol. The van der Waals surface area contributed by atoms with Crippen molar-refractivity contribution in [2.45, 2.75) is 44.7 Å². The second-order valence-corrected chi connectivity index (χ2v) is 11.1. The molecule has 0 saturated carbocycles. The quantitative estimate of drug-likeness (QED) is 0.288. The molecule has 2 aromatic carbocycles. The maximum absolute atomic E-state index is 13.9. The molecule has 5 aromatic rings. The first kappa shape index (κ1) is 25.1. The molecular formula is C29H29N7O2S. The maximum atomic E-state index is 13.9. The summed E-state index contributed by atoms with van der Waals surface area (Å²) in [6.07, 6.45) is 5.80. The van der Waals surface area contributed by atoms with Crippen LogP contribution in [0.2, 0.25) is 0 Å². The molecule has 6 rings (SSSR count). The highest BCUT2D eigenvalue weighted by molar-refractivity contribution is 7.09. The Morgan fingerprint density at radius 3 is 2.77 bits per heavy atom. The predicted octanol–water partition coefficient (Wildman–Crippen LogP) is 5.29. The topological polar surface area (TPSA) is 127 Å². The Kier molecular flexibility index (Phi) is 6.58. The number of nitrogens with one attached hydrogen (secondary N) is 1. The first-order valence-electron chi connectivity index (χ1n) is 12.9. The van der Waals surface area contributed by atoms with Gasteiger partial charge in [0, 0.05) is 46.7 Å². The van der Waals surface area contributed by atoms with Gasteiger partial charge in [0.1, 0.15) is 10.8 Å². The van der Waals surface area contributed by atoms with E-state index in [0.29, 0.717) is 41.7 Å². The number of imidazole rings is 1. The van der Waals surface area contributed by atoms with Gasteiger partial charge in [-0.15, -0.1) is 21.5 Å². The van der Waals surface area contributed by atoms with Gasteiger partial charge in [-0.3, -0.25) is 4.79 Å². The van der Waals surface area contributed by atoms with Gasteiger partial charge in [0.25, 0.3) is 5.91 Å². The molecule has 3 aromatic heterocycles. The Balaban J connectivity index is 1.35. The molecule has 1 fully saturated rings. The summed E-state index contributed by atoms with van der Waals surface area (Å²) in [7, 11) is 0. The summed E-state index contributed by atoms with van der Waals surface area (Å²) in [5.74, 6) is 1.21. The monoisotopic (exact) mass is 539 g/mol. The van der Waals surface area contributed by atoms with Crippen LogP contribution in [0, 0.1) is 6.92 Å². The van der Waals surface area contributed by atoms with E-state index in [2.05, 4.69) is 25.1 Å². The molecule has 4 heterocycles. The van der Waals surface area contributed by atoms with E-state index in [1.807, 2.05) is 66.6 Å². The van der Waals surface area contributed by atoms with Gasteiger partial charge in [0.2, 0.25) is 11.8 Å². The molecule has 39 heavy (non-hydrogen) atoms. The normalized spacial score (nSPS) is 16.9. The number of thiazole rings is 1. The van der Waals surface area contributed by atoms with E-state index in [1.54, 1.807) is 29.8 Å². The highest BCUT2D eigenvalue weighted by Gasteiger charge is 2.33. The lowest BCUT2D eigenvalue weighted by atomic mass is 9.94. The number of amides is 1. The van der Waals surface area contributed by atoms with E-state index < -0.39 is 5.54 Å². The minimum absolute atomic E-state index is 0.0298. The third-order valence-corrected chi connectivity index (χ3v) is 8.03. The van der Waals surface area contributed by atoms with Crippen LogP contribution in [-0.2, 0) is 12.0 Å². The summed E-state index contributed by atoms with van der Waals surface area (Å²) >= 11 is 1.60. The minimum atomic E-state index is -0.863. The van der Waals surface area contributed by atoms with Gasteiger partial charge in [0.05, 0.1) is 11.6 Å². The number of aromatic amines is 1. The third-order valence-electron chi connectivity index (χ3n) is 6.96. The first-order chi connectivity index (χ1) is 18.9. The fraction of sp³-hybridized carbons (Fsp3) is 0.276. The number of H-pyrrole nitrogens is 1. The van der Waals surface area contributed by atoms with Crippen LogP contribution in [0.3, 0.4) is 0 Å². The van der Waals surface area contributed by atoms with E-state index in [1.165, 1.54) is 0 Å². The maximum Gasteiger partial charge on any atom is 0.254 e. The number of nitrogens with two attached hydrogens (primary N) is 1. The van der Waals surface area contributed by atoms with Crippen molar-refractivity contribution in [1.29, 1.82) is 0 Å². The number of carbonyl (C=O) groups is 1. The lowest BCUT2D eigenvalue weighted by molar-refractivity contribution is 0.0735. The van der Waals surface area contributed by atoms with Crippen molar-refractivity contribution in [3.63, 3.8) is 0 Å². The van der Waals surface area contributed by atoms with Crippen molar-refractivity contribution in [2.24, 2.45) is 5.73 Å². The number of aromatic nitrogens is 5. The van der Waals surface area contributed by atoms with Crippen molar-refractivity contribution in [1.82, 2.24) is 30.0 Å². The van der Waals surface area contributed by atoms with E-state index in [-0.39, 0.29) is 11.9 Å². The number of nitrogens with zero attached hydrogens (tertiary/aromatic N) is 5. The van der Waals surface area contributed by atoms with Gasteiger partial charge >= 0.3 is 0 Å². The van der Waals surface area contributed by atoms with E-state index >= 15 is 0 Å². The molecular weight excluding hydrogens is 510 g/mol. The van der Waals surface area contributed by atoms with Gasteiger partial charge < -0.3 is 20.0 Å². The summed E-state index contributed by atoms with van der Waals surface area (Å²) in [5, 5.41) is 11.6. The van der Waals surface area contributed by atoms with E-state index in [0.717, 1.165) is 34.7 Å². The number of aryl methyl sites for hydroxylation is 1. The zero-order valence-corrected chi connectivity index (χ0v) is 22.6. The Bertz CT molecular complexity index is 1590. The third kappa shape index (κ3) is 5.13. The van der Waals surface area contributed by atoms with Crippen LogP contribution < -0.4 is 5.73 Å². The number of carbonyl (C=O) groups excluding carboxylic acids is 1. The molecule has 3 N–H and O–H groups in total. The van der Waals surface area contributed by atoms with Crippen LogP contribution in [0.25, 0.3) is 22.8 Å². The predicted molar refractivity (Wildman–Crippen MR) is 149 cm³/mol. The van der Waals surface area contributed by atoms with Crippen LogP contribution in [0.1, 0.15) is 58.3 Å². The standard InChI is InChI=1S/C29H29N7O2S/c1-18-17-39-26(33-18)23-9-6-12-36(23)27(37)22-14-20(24-31-10-11-32-24)13-21(15-22)25-34-35-28(38-25)29(2,30)16-19-7-4-3-5-8-19/h3-5,7-8,10-11,13-15,17,23H,6,9,12,16,30H2,1-2H3,(H,31,32). The fourth-order valence-corrected chi connectivity index (χ4v) is 6.00. The molecule has 2 atom stereocenters. The van der Waals surface area contributed by atoms with Gasteiger partial charge in [-0.05, 0) is 56.9 Å². The lowest BCUT2D eigenvalue weighted by Gasteiger charge is -2.23. The Labute approximate surface area is 230 Å². The second kappa shape index (κ2) is 10.2. The molecule has 1 aliphatic rings. The minimum Gasteiger partial charge on any atom is -0.419 e. The highest BCUT2D eigenvalue weighted by Crippen LogP contribution is 2.36. The second-order valence-electron chi connectivity index (χ2n) is 10.2. The molecule has 1 aliphatic heterocycles. The van der Waals surface area contributed by atoms with Crippen molar-refractivity contribution < 1.29 is 9.21 Å². The van der Waals surface area contributed by atoms with Crippen molar-refractivity contribution >= 4 is 17.2 Å². The smallest absolute Gasteiger partial charge is 0.254 e. The number of hydrogen-bond acceptors (Lipinski definition) is 8. The summed E-state index contributed by atoms with van der Waals surface area (Å²) < 4.78 is 6.12. The summed E-state index contributed by atoms with van der Waals surface area (Å²) in [4.78, 5) is 28.0. The summed E-state index contributed by atoms with van der Waals surface area (Å²) in [6, 6.07) is 15.5. The van der Waals surface area contributed by atoms with Gasteiger partial charge in [-0.2, -0.15) is 0 Å². The van der Waals surface area contributed by atoms with E-state index in [4.69, 9.17) is 10.2 Å². The van der Waals surface area contributed by atoms with Gasteiger partial charge in [-0.1, -0.05) is 30.3 Å². The fourth-order valence-electron chi connectivity index (χ4n) is 5.06. The number of hydrogen-bond donors (Lipinski definition) is 2. The van der Waals surface area contributed by atoms with Gasteiger partial charge in [-0.25, -0.2) is 9.97 Å². The van der Waals surface area contributed by atoms with Gasteiger partial charge in [0.15, 0.2) is 0 Å². The van der Waals surface area contributed by atoms with Crippen LogP contribution in [0.4, 0.5) is 0 Å². The largest absolute Gasteiger partial charge is 0.419 e. The summed E-state index contributed by atoms with van der Waals surface area (Å²) in [6.45, 7) is 4.53. The molecule has 0 aliphatic carbocycles. The van der Waals surface area contributed by atoms with Crippen LogP contribution >= 0.6 is 11.3 Å². The first-order valence-corrected chi connectivity index (χ1v) is 13.8. The molecule has 198 valence electrons. The van der Waals surface area contributed by atoms with Crippen molar-refractivity contribution in [2.75, 3.05) is 6.54 Å². The number of likely N-dealkylation sites (tertiary alicyclic amines) is 1. The Morgan fingerprint density at radius 2 is 2.03 bits per heavy atom. The van der Waals surface area contributed by atoms with Crippen LogP contribution in [0.15, 0.2) is 70.7 Å². The molecule has 0 spiro atoms. The average Bonchev–Trinajstić information content (AvgIpc) is 3.74. The number of rotatable bonds is 7.